The zero-order valence-electron chi connectivity index (χ0n) is 9.13. The Kier molecular flexibility index (Phi) is 6.17. The van der Waals surface area contributed by atoms with Gasteiger partial charge in [0.1, 0.15) is 0 Å². The highest BCUT2D eigenvalue weighted by Crippen LogP contribution is 2.13. The highest BCUT2D eigenvalue weighted by molar-refractivity contribution is 9.10. The molecular formula is C11H16BrO2Si. The molecule has 0 atom stereocenters. The van der Waals surface area contributed by atoms with Crippen LogP contribution >= 0.6 is 15.9 Å². The van der Waals surface area contributed by atoms with Crippen LogP contribution in [0.2, 0.25) is 0 Å². The minimum atomic E-state index is -1.14. The Balaban J connectivity index is 2.56. The van der Waals surface area contributed by atoms with Crippen molar-refractivity contribution in [3.05, 3.63) is 34.3 Å². The second-order valence-electron chi connectivity index (χ2n) is 3.04. The molecule has 0 spiro atoms. The van der Waals surface area contributed by atoms with E-state index in [-0.39, 0.29) is 0 Å². The summed E-state index contributed by atoms with van der Waals surface area (Å²) in [6.07, 6.45) is 0. The average molecular weight is 288 g/mol. The summed E-state index contributed by atoms with van der Waals surface area (Å²) >= 11 is 3.46. The summed E-state index contributed by atoms with van der Waals surface area (Å²) in [6.45, 7) is 5.46. The minimum Gasteiger partial charge on any atom is -0.393 e. The first kappa shape index (κ1) is 12.9. The molecule has 2 nitrogen and oxygen atoms in total. The van der Waals surface area contributed by atoms with Crippen LogP contribution < -0.4 is 0 Å². The van der Waals surface area contributed by atoms with Gasteiger partial charge in [0.15, 0.2) is 0 Å². The fourth-order valence-electron chi connectivity index (χ4n) is 1.28. The lowest BCUT2D eigenvalue weighted by molar-refractivity contribution is 0.213. The fourth-order valence-corrected chi connectivity index (χ4v) is 3.21. The predicted molar refractivity (Wildman–Crippen MR) is 66.9 cm³/mol. The summed E-state index contributed by atoms with van der Waals surface area (Å²) < 4.78 is 12.3. The minimum absolute atomic E-state index is 0.725. The smallest absolute Gasteiger partial charge is 0.389 e. The van der Waals surface area contributed by atoms with Gasteiger partial charge >= 0.3 is 9.28 Å². The van der Waals surface area contributed by atoms with Crippen LogP contribution in [0.4, 0.5) is 0 Å². The zero-order chi connectivity index (χ0) is 11.1. The van der Waals surface area contributed by atoms with E-state index < -0.39 is 9.28 Å². The topological polar surface area (TPSA) is 18.5 Å². The van der Waals surface area contributed by atoms with E-state index in [1.54, 1.807) is 0 Å². The third-order valence-electron chi connectivity index (χ3n) is 1.85. The molecule has 0 bridgehead atoms. The third-order valence-corrected chi connectivity index (χ3v) is 4.26. The predicted octanol–water partition coefficient (Wildman–Crippen LogP) is 3.09. The molecule has 1 aromatic carbocycles. The molecular weight excluding hydrogens is 272 g/mol. The van der Waals surface area contributed by atoms with Crippen molar-refractivity contribution in [1.29, 1.82) is 0 Å². The van der Waals surface area contributed by atoms with Gasteiger partial charge in [0.05, 0.1) is 0 Å². The third kappa shape index (κ3) is 4.93. The van der Waals surface area contributed by atoms with E-state index in [0.717, 1.165) is 23.7 Å². The van der Waals surface area contributed by atoms with Crippen LogP contribution in [0.25, 0.3) is 0 Å². The second kappa shape index (κ2) is 7.17. The van der Waals surface area contributed by atoms with Crippen LogP contribution in [0, 0.1) is 0 Å². The molecule has 0 N–H and O–H groups in total. The van der Waals surface area contributed by atoms with E-state index in [4.69, 9.17) is 8.85 Å². The molecule has 0 aliphatic carbocycles. The summed E-state index contributed by atoms with van der Waals surface area (Å²) in [5.74, 6) is 0. The molecule has 0 saturated heterocycles. The molecule has 0 saturated carbocycles. The lowest BCUT2D eigenvalue weighted by atomic mass is 10.2. The molecule has 0 aliphatic heterocycles. The van der Waals surface area contributed by atoms with E-state index in [2.05, 4.69) is 28.1 Å². The molecule has 1 rings (SSSR count). The maximum Gasteiger partial charge on any atom is 0.389 e. The Labute approximate surface area is 102 Å². The van der Waals surface area contributed by atoms with Crippen LogP contribution in [0.5, 0.6) is 0 Å². The van der Waals surface area contributed by atoms with E-state index in [1.165, 1.54) is 5.56 Å². The maximum atomic E-state index is 5.59. The van der Waals surface area contributed by atoms with Gasteiger partial charge in [-0.05, 0) is 31.5 Å². The highest BCUT2D eigenvalue weighted by Gasteiger charge is 2.15. The fraction of sp³-hybridized carbons (Fsp3) is 0.455. The summed E-state index contributed by atoms with van der Waals surface area (Å²) in [7, 11) is -1.14. The number of hydrogen-bond acceptors (Lipinski definition) is 2. The lowest BCUT2D eigenvalue weighted by Gasteiger charge is -2.13. The molecule has 0 unspecified atom stereocenters. The van der Waals surface area contributed by atoms with Gasteiger partial charge in [0.25, 0.3) is 0 Å². The standard InChI is InChI=1S/C11H16BrO2Si/c1-3-13-15(14-4-2)9-10-6-5-7-11(12)8-10/h5-8H,3-4,9H2,1-2H3. The van der Waals surface area contributed by atoms with Crippen LogP contribution in [0.15, 0.2) is 28.7 Å². The van der Waals surface area contributed by atoms with Gasteiger partial charge in [-0.3, -0.25) is 0 Å². The number of rotatable bonds is 6. The molecule has 0 aliphatic rings. The second-order valence-corrected chi connectivity index (χ2v) is 5.64. The van der Waals surface area contributed by atoms with Crippen molar-refractivity contribution in [2.45, 2.75) is 19.9 Å². The first-order valence-electron chi connectivity index (χ1n) is 5.12. The monoisotopic (exact) mass is 287 g/mol. The molecule has 1 radical (unpaired) electrons. The largest absolute Gasteiger partial charge is 0.393 e. The Morgan fingerprint density at radius 3 is 2.40 bits per heavy atom. The number of hydrogen-bond donors (Lipinski definition) is 0. The molecule has 1 aromatic rings. The van der Waals surface area contributed by atoms with Crippen molar-refractivity contribution in [3.63, 3.8) is 0 Å². The van der Waals surface area contributed by atoms with Gasteiger partial charge < -0.3 is 8.85 Å². The molecule has 4 heteroatoms. The van der Waals surface area contributed by atoms with Crippen molar-refractivity contribution >= 4 is 25.2 Å². The molecule has 83 valence electrons. The van der Waals surface area contributed by atoms with E-state index in [0.29, 0.717) is 0 Å². The lowest BCUT2D eigenvalue weighted by Crippen LogP contribution is -2.26. The number of halogens is 1. The van der Waals surface area contributed by atoms with Crippen molar-refractivity contribution < 1.29 is 8.85 Å². The van der Waals surface area contributed by atoms with Crippen molar-refractivity contribution in [2.24, 2.45) is 0 Å². The van der Waals surface area contributed by atoms with E-state index >= 15 is 0 Å². The molecule has 0 amide bonds. The SMILES string of the molecule is CCO[Si](Cc1cccc(Br)c1)OCC. The Bertz CT molecular complexity index is 288. The highest BCUT2D eigenvalue weighted by atomic mass is 79.9. The van der Waals surface area contributed by atoms with Crippen molar-refractivity contribution in [3.8, 4) is 0 Å². The maximum absolute atomic E-state index is 5.59. The van der Waals surface area contributed by atoms with E-state index in [9.17, 15) is 0 Å². The van der Waals surface area contributed by atoms with Gasteiger partial charge in [0, 0.05) is 23.7 Å². The molecule has 0 heterocycles. The quantitative estimate of drug-likeness (QED) is 0.749. The van der Waals surface area contributed by atoms with Crippen LogP contribution in [0.3, 0.4) is 0 Å². The number of benzene rings is 1. The van der Waals surface area contributed by atoms with Crippen molar-refractivity contribution in [1.82, 2.24) is 0 Å². The summed E-state index contributed by atoms with van der Waals surface area (Å²) in [4.78, 5) is 0. The molecule has 0 fully saturated rings. The van der Waals surface area contributed by atoms with Crippen molar-refractivity contribution in [2.75, 3.05) is 13.2 Å². The van der Waals surface area contributed by atoms with Crippen LogP contribution in [-0.2, 0) is 14.9 Å². The first-order valence-corrected chi connectivity index (χ1v) is 7.43. The van der Waals surface area contributed by atoms with Gasteiger partial charge in [-0.1, -0.05) is 28.1 Å². The van der Waals surface area contributed by atoms with Gasteiger partial charge in [-0.2, -0.15) is 0 Å². The Morgan fingerprint density at radius 1 is 1.20 bits per heavy atom. The van der Waals surface area contributed by atoms with Gasteiger partial charge in [-0.15, -0.1) is 0 Å². The summed E-state index contributed by atoms with van der Waals surface area (Å²) in [5.41, 5.74) is 1.26. The molecule has 15 heavy (non-hydrogen) atoms. The average Bonchev–Trinajstić information content (AvgIpc) is 2.18. The van der Waals surface area contributed by atoms with Gasteiger partial charge in [0.2, 0.25) is 0 Å². The van der Waals surface area contributed by atoms with Gasteiger partial charge in [-0.25, -0.2) is 0 Å². The molecule has 0 aromatic heterocycles. The zero-order valence-corrected chi connectivity index (χ0v) is 11.7. The van der Waals surface area contributed by atoms with Crippen LogP contribution in [-0.4, -0.2) is 22.5 Å². The normalized spacial score (nSPS) is 10.9. The first-order chi connectivity index (χ1) is 7.26. The Hall–Kier alpha value is -0.163. The van der Waals surface area contributed by atoms with Crippen LogP contribution in [0.1, 0.15) is 19.4 Å². The van der Waals surface area contributed by atoms with E-state index in [1.807, 2.05) is 26.0 Å². The summed E-state index contributed by atoms with van der Waals surface area (Å²) in [6, 6.07) is 9.18. The summed E-state index contributed by atoms with van der Waals surface area (Å²) in [5, 5.41) is 0. The Morgan fingerprint density at radius 2 is 1.87 bits per heavy atom.